The van der Waals surface area contributed by atoms with Gasteiger partial charge in [-0.3, -0.25) is 9.59 Å². The SMILES string of the molecule is CCCCN(CCCC)CCNC(=O)c1ccc2c(c1)N(Cc1cccc(C)c1)C(=O)c1ccccc1S2(=O)=O. The van der Waals surface area contributed by atoms with Gasteiger partial charge in [0, 0.05) is 18.7 Å². The molecule has 0 atom stereocenters. The standard InChI is InChI=1S/C32H39N3O4S/c1-4-6-18-34(19-7-5-2)20-17-33-31(36)26-15-16-30-28(22-26)35(23-25-12-10-11-24(3)21-25)32(37)27-13-8-9-14-29(27)40(30,38)39/h8-16,21-22H,4-7,17-20,23H2,1-3H3,(H,33,36). The Morgan fingerprint density at radius 1 is 0.875 bits per heavy atom. The molecule has 1 heterocycles. The van der Waals surface area contributed by atoms with Gasteiger partial charge in [-0.05, 0) is 68.8 Å². The van der Waals surface area contributed by atoms with Gasteiger partial charge in [-0.15, -0.1) is 0 Å². The van der Waals surface area contributed by atoms with Crippen LogP contribution in [-0.4, -0.2) is 51.3 Å². The van der Waals surface area contributed by atoms with Gasteiger partial charge < -0.3 is 15.1 Å². The van der Waals surface area contributed by atoms with Gasteiger partial charge in [0.2, 0.25) is 9.84 Å². The van der Waals surface area contributed by atoms with Crippen molar-refractivity contribution in [3.63, 3.8) is 0 Å². The summed E-state index contributed by atoms with van der Waals surface area (Å²) >= 11 is 0. The molecule has 7 nitrogen and oxygen atoms in total. The second kappa shape index (κ2) is 13.2. The third kappa shape index (κ3) is 6.62. The lowest BCUT2D eigenvalue weighted by molar-refractivity contribution is 0.0944. The minimum absolute atomic E-state index is 0.0142. The van der Waals surface area contributed by atoms with Crippen LogP contribution in [0.25, 0.3) is 0 Å². The molecule has 0 spiro atoms. The number of hydrogen-bond donors (Lipinski definition) is 1. The molecule has 212 valence electrons. The molecule has 3 aromatic carbocycles. The van der Waals surface area contributed by atoms with Crippen LogP contribution in [0.5, 0.6) is 0 Å². The van der Waals surface area contributed by atoms with Crippen LogP contribution in [0.15, 0.2) is 76.5 Å². The molecule has 0 saturated carbocycles. The van der Waals surface area contributed by atoms with E-state index < -0.39 is 15.7 Å². The first kappa shape index (κ1) is 29.5. The van der Waals surface area contributed by atoms with Crippen molar-refractivity contribution in [2.45, 2.75) is 62.8 Å². The average molecular weight is 562 g/mol. The summed E-state index contributed by atoms with van der Waals surface area (Å²) in [5.41, 5.74) is 2.55. The van der Waals surface area contributed by atoms with Crippen LogP contribution in [0.4, 0.5) is 5.69 Å². The van der Waals surface area contributed by atoms with Crippen molar-refractivity contribution in [2.24, 2.45) is 0 Å². The number of anilines is 1. The molecule has 0 unspecified atom stereocenters. The van der Waals surface area contributed by atoms with Gasteiger partial charge >= 0.3 is 0 Å². The van der Waals surface area contributed by atoms with Crippen molar-refractivity contribution in [1.29, 1.82) is 0 Å². The van der Waals surface area contributed by atoms with Crippen molar-refractivity contribution < 1.29 is 18.0 Å². The molecule has 4 rings (SSSR count). The summed E-state index contributed by atoms with van der Waals surface area (Å²) in [6.45, 7) is 9.71. The lowest BCUT2D eigenvalue weighted by Crippen LogP contribution is -2.36. The molecule has 0 aliphatic carbocycles. The first-order valence-electron chi connectivity index (χ1n) is 14.1. The molecular formula is C32H39N3O4S. The van der Waals surface area contributed by atoms with Crippen molar-refractivity contribution in [2.75, 3.05) is 31.1 Å². The normalized spacial score (nSPS) is 14.0. The summed E-state index contributed by atoms with van der Waals surface area (Å²) < 4.78 is 27.5. The molecule has 2 amide bonds. The van der Waals surface area contributed by atoms with Gasteiger partial charge in [0.25, 0.3) is 11.8 Å². The zero-order chi connectivity index (χ0) is 28.7. The smallest absolute Gasteiger partial charge is 0.259 e. The van der Waals surface area contributed by atoms with E-state index in [9.17, 15) is 18.0 Å². The Bertz CT molecular complexity index is 1460. The van der Waals surface area contributed by atoms with Crippen molar-refractivity contribution in [3.8, 4) is 0 Å². The van der Waals surface area contributed by atoms with Crippen LogP contribution in [0.2, 0.25) is 0 Å². The number of carbonyl (C=O) groups is 2. The number of fused-ring (bicyclic) bond motifs is 2. The van der Waals surface area contributed by atoms with E-state index in [0.29, 0.717) is 12.1 Å². The van der Waals surface area contributed by atoms with E-state index in [2.05, 4.69) is 24.1 Å². The highest BCUT2D eigenvalue weighted by molar-refractivity contribution is 7.91. The van der Waals surface area contributed by atoms with E-state index in [4.69, 9.17) is 0 Å². The highest BCUT2D eigenvalue weighted by Crippen LogP contribution is 2.38. The number of amides is 2. The highest BCUT2D eigenvalue weighted by atomic mass is 32.2. The maximum Gasteiger partial charge on any atom is 0.259 e. The molecule has 0 radical (unpaired) electrons. The van der Waals surface area contributed by atoms with Crippen LogP contribution < -0.4 is 10.2 Å². The second-order valence-corrected chi connectivity index (χ2v) is 12.3. The summed E-state index contributed by atoms with van der Waals surface area (Å²) in [7, 11) is -3.99. The third-order valence-corrected chi connectivity index (χ3v) is 9.11. The van der Waals surface area contributed by atoms with E-state index in [1.165, 1.54) is 29.2 Å². The van der Waals surface area contributed by atoms with E-state index >= 15 is 0 Å². The number of carbonyl (C=O) groups excluding carboxylic acids is 2. The summed E-state index contributed by atoms with van der Waals surface area (Å²) in [5.74, 6) is -0.713. The molecule has 0 aromatic heterocycles. The summed E-state index contributed by atoms with van der Waals surface area (Å²) in [5, 5.41) is 2.99. The average Bonchev–Trinajstić information content (AvgIpc) is 3.02. The minimum Gasteiger partial charge on any atom is -0.351 e. The first-order valence-corrected chi connectivity index (χ1v) is 15.6. The lowest BCUT2D eigenvalue weighted by atomic mass is 10.1. The fourth-order valence-corrected chi connectivity index (χ4v) is 6.66. The molecular weight excluding hydrogens is 522 g/mol. The zero-order valence-corrected chi connectivity index (χ0v) is 24.5. The number of nitrogens with one attached hydrogen (secondary N) is 1. The maximum absolute atomic E-state index is 13.8. The lowest BCUT2D eigenvalue weighted by Gasteiger charge is -2.24. The molecule has 1 N–H and O–H groups in total. The monoisotopic (exact) mass is 561 g/mol. The quantitative estimate of drug-likeness (QED) is 0.310. The summed E-state index contributed by atoms with van der Waals surface area (Å²) in [4.78, 5) is 30.9. The first-order chi connectivity index (χ1) is 19.3. The summed E-state index contributed by atoms with van der Waals surface area (Å²) in [6.07, 6.45) is 4.47. The van der Waals surface area contributed by atoms with Crippen LogP contribution >= 0.6 is 0 Å². The molecule has 3 aromatic rings. The predicted octanol–water partition coefficient (Wildman–Crippen LogP) is 5.62. The number of sulfone groups is 1. The van der Waals surface area contributed by atoms with Gasteiger partial charge in [0.1, 0.15) is 0 Å². The number of benzene rings is 3. The Morgan fingerprint density at radius 3 is 2.30 bits per heavy atom. The Kier molecular flexibility index (Phi) is 9.76. The van der Waals surface area contributed by atoms with Gasteiger partial charge in [0.05, 0.1) is 27.6 Å². The zero-order valence-electron chi connectivity index (χ0n) is 23.7. The molecule has 8 heteroatoms. The number of nitrogens with zero attached hydrogens (tertiary/aromatic N) is 2. The van der Waals surface area contributed by atoms with Crippen molar-refractivity contribution >= 4 is 27.3 Å². The summed E-state index contributed by atoms with van der Waals surface area (Å²) in [6, 6.07) is 18.6. The third-order valence-electron chi connectivity index (χ3n) is 7.25. The van der Waals surface area contributed by atoms with Gasteiger partial charge in [-0.25, -0.2) is 8.42 Å². The Morgan fingerprint density at radius 2 is 1.60 bits per heavy atom. The number of aryl methyl sites for hydroxylation is 1. The fraction of sp³-hybridized carbons (Fsp3) is 0.375. The van der Waals surface area contributed by atoms with Crippen LogP contribution in [-0.2, 0) is 16.4 Å². The van der Waals surface area contributed by atoms with E-state index in [0.717, 1.165) is 56.4 Å². The molecule has 0 bridgehead atoms. The number of unbranched alkanes of at least 4 members (excludes halogenated alkanes) is 2. The molecule has 1 aliphatic rings. The molecule has 0 fully saturated rings. The van der Waals surface area contributed by atoms with Gasteiger partial charge in [-0.1, -0.05) is 68.7 Å². The second-order valence-electron chi connectivity index (χ2n) is 10.4. The van der Waals surface area contributed by atoms with Crippen molar-refractivity contribution in [3.05, 3.63) is 89.0 Å². The Balaban J connectivity index is 1.65. The molecule has 1 aliphatic heterocycles. The number of hydrogen-bond acceptors (Lipinski definition) is 5. The largest absolute Gasteiger partial charge is 0.351 e. The molecule has 40 heavy (non-hydrogen) atoms. The van der Waals surface area contributed by atoms with E-state index in [-0.39, 0.29) is 33.5 Å². The fourth-order valence-electron chi connectivity index (χ4n) is 5.03. The van der Waals surface area contributed by atoms with Crippen LogP contribution in [0.3, 0.4) is 0 Å². The van der Waals surface area contributed by atoms with Crippen molar-refractivity contribution in [1.82, 2.24) is 10.2 Å². The van der Waals surface area contributed by atoms with Crippen LogP contribution in [0, 0.1) is 6.92 Å². The van der Waals surface area contributed by atoms with Gasteiger partial charge in [0.15, 0.2) is 0 Å². The highest BCUT2D eigenvalue weighted by Gasteiger charge is 2.36. The predicted molar refractivity (Wildman–Crippen MR) is 159 cm³/mol. The van der Waals surface area contributed by atoms with Crippen LogP contribution in [0.1, 0.15) is 71.4 Å². The Hall–Kier alpha value is -3.49. The van der Waals surface area contributed by atoms with Gasteiger partial charge in [-0.2, -0.15) is 0 Å². The van der Waals surface area contributed by atoms with E-state index in [1.54, 1.807) is 18.2 Å². The number of rotatable bonds is 12. The minimum atomic E-state index is -3.99. The maximum atomic E-state index is 13.8. The topological polar surface area (TPSA) is 86.8 Å². The van der Waals surface area contributed by atoms with E-state index in [1.807, 2.05) is 31.2 Å². The Labute approximate surface area is 238 Å². The molecule has 0 saturated heterocycles.